The second-order valence-electron chi connectivity index (χ2n) is 8.35. The number of allylic oxidation sites excluding steroid dienone is 1. The van der Waals surface area contributed by atoms with Gasteiger partial charge in [0.25, 0.3) is 0 Å². The fourth-order valence-corrected chi connectivity index (χ4v) is 4.53. The van der Waals surface area contributed by atoms with Crippen LogP contribution in [0.25, 0.3) is 22.5 Å². The van der Waals surface area contributed by atoms with Gasteiger partial charge in [-0.1, -0.05) is 48.6 Å². The molecule has 30 heavy (non-hydrogen) atoms. The minimum Gasteiger partial charge on any atom is -0.346 e. The summed E-state index contributed by atoms with van der Waals surface area (Å²) in [5.41, 5.74) is 6.55. The van der Waals surface area contributed by atoms with E-state index in [0.717, 1.165) is 52.2 Å². The van der Waals surface area contributed by atoms with Crippen LogP contribution in [-0.4, -0.2) is 15.9 Å². The van der Waals surface area contributed by atoms with Crippen molar-refractivity contribution in [3.05, 3.63) is 84.2 Å². The van der Waals surface area contributed by atoms with Gasteiger partial charge in [0, 0.05) is 19.0 Å². The quantitative estimate of drug-likeness (QED) is 0.582. The number of aromatic nitrogens is 2. The van der Waals surface area contributed by atoms with Crippen LogP contribution in [0.1, 0.15) is 50.8 Å². The Morgan fingerprint density at radius 3 is 2.47 bits per heavy atom. The molecule has 4 heteroatoms. The maximum absolute atomic E-state index is 12.1. The number of amides is 1. The van der Waals surface area contributed by atoms with Crippen molar-refractivity contribution in [2.24, 2.45) is 0 Å². The molecule has 0 bridgehead atoms. The van der Waals surface area contributed by atoms with Gasteiger partial charge in [0.1, 0.15) is 0 Å². The number of rotatable bonds is 4. The minimum absolute atomic E-state index is 0.0523. The third-order valence-corrected chi connectivity index (χ3v) is 5.92. The second kappa shape index (κ2) is 7.86. The second-order valence-corrected chi connectivity index (χ2v) is 8.35. The Morgan fingerprint density at radius 1 is 1.10 bits per heavy atom. The zero-order valence-electron chi connectivity index (χ0n) is 17.8. The monoisotopic (exact) mass is 397 g/mol. The van der Waals surface area contributed by atoms with E-state index in [-0.39, 0.29) is 11.8 Å². The Kier molecular flexibility index (Phi) is 5.25. The molecule has 4 nitrogen and oxygen atoms in total. The zero-order chi connectivity index (χ0) is 21.3. The fourth-order valence-electron chi connectivity index (χ4n) is 4.53. The highest BCUT2D eigenvalue weighted by Gasteiger charge is 2.40. The summed E-state index contributed by atoms with van der Waals surface area (Å²) in [5, 5.41) is 3.18. The molecule has 0 radical (unpaired) electrons. The first-order valence-electron chi connectivity index (χ1n) is 10.4. The van der Waals surface area contributed by atoms with Crippen LogP contribution in [0.5, 0.6) is 0 Å². The van der Waals surface area contributed by atoms with E-state index in [4.69, 9.17) is 4.98 Å². The number of nitrogens with one attached hydrogen (secondary N) is 1. The minimum atomic E-state index is -0.540. The van der Waals surface area contributed by atoms with E-state index >= 15 is 0 Å². The topological polar surface area (TPSA) is 54.9 Å². The molecule has 0 unspecified atom stereocenters. The molecule has 1 aliphatic carbocycles. The van der Waals surface area contributed by atoms with Crippen LogP contribution in [0.2, 0.25) is 0 Å². The van der Waals surface area contributed by atoms with E-state index in [1.807, 2.05) is 36.4 Å². The van der Waals surface area contributed by atoms with E-state index in [1.54, 1.807) is 13.1 Å². The van der Waals surface area contributed by atoms with Crippen LogP contribution >= 0.6 is 0 Å². The van der Waals surface area contributed by atoms with Gasteiger partial charge in [-0.3, -0.25) is 9.78 Å². The molecule has 3 aromatic rings. The third-order valence-electron chi connectivity index (χ3n) is 5.92. The third kappa shape index (κ3) is 3.65. The van der Waals surface area contributed by atoms with Crippen molar-refractivity contribution < 1.29 is 4.79 Å². The number of pyridine rings is 2. The molecule has 1 aliphatic rings. The Labute approximate surface area is 178 Å². The lowest BCUT2D eigenvalue weighted by molar-refractivity contribution is -0.121. The molecule has 2 heterocycles. The maximum atomic E-state index is 12.1. The number of hydrogen-bond acceptors (Lipinski definition) is 3. The van der Waals surface area contributed by atoms with Crippen LogP contribution in [-0.2, 0) is 10.3 Å². The predicted molar refractivity (Wildman–Crippen MR) is 121 cm³/mol. The summed E-state index contributed by atoms with van der Waals surface area (Å²) in [5.74, 6) is 0.144. The molecule has 4 rings (SSSR count). The fraction of sp³-hybridized carbons (Fsp3) is 0.269. The lowest BCUT2D eigenvalue weighted by Crippen LogP contribution is -2.46. The molecule has 1 amide bonds. The molecular weight excluding hydrogens is 370 g/mol. The SMILES string of the molecule is C=C(C)[C@@H]1CC[C@](C)(NC(C)=O)c2nc(-c3ccccn3)cc(-c3ccccc3)c21. The number of benzene rings is 1. The highest BCUT2D eigenvalue weighted by molar-refractivity contribution is 5.77. The summed E-state index contributed by atoms with van der Waals surface area (Å²) in [6.45, 7) is 10.00. The average molecular weight is 398 g/mol. The van der Waals surface area contributed by atoms with Crippen LogP contribution in [0.4, 0.5) is 0 Å². The first-order chi connectivity index (χ1) is 14.4. The van der Waals surface area contributed by atoms with Crippen molar-refractivity contribution >= 4 is 5.91 Å². The van der Waals surface area contributed by atoms with Gasteiger partial charge in [-0.2, -0.15) is 0 Å². The summed E-state index contributed by atoms with van der Waals surface area (Å²) in [4.78, 5) is 21.7. The lowest BCUT2D eigenvalue weighted by atomic mass is 9.71. The molecule has 152 valence electrons. The number of nitrogens with zero attached hydrogens (tertiary/aromatic N) is 2. The number of carbonyl (C=O) groups is 1. The Bertz CT molecular complexity index is 1090. The first-order valence-corrected chi connectivity index (χ1v) is 10.4. The summed E-state index contributed by atoms with van der Waals surface area (Å²) in [6, 6.07) is 18.3. The molecule has 1 N–H and O–H groups in total. The standard InChI is InChI=1S/C26H27N3O/c1-17(2)20-13-14-26(4,29-18(3)30)25-24(20)21(19-10-6-5-7-11-19)16-23(28-25)22-12-8-9-15-27-22/h5-12,15-16,20H,1,13-14H2,2-4H3,(H,29,30)/t20-,26-/m0/s1. The summed E-state index contributed by atoms with van der Waals surface area (Å²) >= 11 is 0. The van der Waals surface area contributed by atoms with E-state index in [1.165, 1.54) is 0 Å². The van der Waals surface area contributed by atoms with Crippen LogP contribution in [0.15, 0.2) is 72.9 Å². The first kappa shape index (κ1) is 20.0. The number of fused-ring (bicyclic) bond motifs is 1. The van der Waals surface area contributed by atoms with Crippen LogP contribution in [0, 0.1) is 0 Å². The molecule has 2 atom stereocenters. The maximum Gasteiger partial charge on any atom is 0.217 e. The number of carbonyl (C=O) groups excluding carboxylic acids is 1. The predicted octanol–water partition coefficient (Wildman–Crippen LogP) is 5.62. The van der Waals surface area contributed by atoms with Gasteiger partial charge in [0.05, 0.1) is 22.6 Å². The molecule has 0 spiro atoms. The normalized spacial score (nSPS) is 20.3. The Morgan fingerprint density at radius 2 is 1.83 bits per heavy atom. The molecule has 0 saturated carbocycles. The van der Waals surface area contributed by atoms with E-state index in [0.29, 0.717) is 0 Å². The molecule has 2 aromatic heterocycles. The highest BCUT2D eigenvalue weighted by atomic mass is 16.1. The van der Waals surface area contributed by atoms with Crippen LogP contribution in [0.3, 0.4) is 0 Å². The van der Waals surface area contributed by atoms with Crippen molar-refractivity contribution in [3.8, 4) is 22.5 Å². The molecule has 0 fully saturated rings. The number of hydrogen-bond donors (Lipinski definition) is 1. The molecule has 0 aliphatic heterocycles. The molecular formula is C26H27N3O. The summed E-state index contributed by atoms with van der Waals surface area (Å²) in [6.07, 6.45) is 3.51. The van der Waals surface area contributed by atoms with Gasteiger partial charge in [0.2, 0.25) is 5.91 Å². The Hall–Kier alpha value is -3.27. The van der Waals surface area contributed by atoms with Gasteiger partial charge in [-0.25, -0.2) is 4.98 Å². The van der Waals surface area contributed by atoms with Gasteiger partial charge >= 0.3 is 0 Å². The van der Waals surface area contributed by atoms with Gasteiger partial charge < -0.3 is 5.32 Å². The summed E-state index contributed by atoms with van der Waals surface area (Å²) in [7, 11) is 0. The Balaban J connectivity index is 2.05. The largest absolute Gasteiger partial charge is 0.346 e. The van der Waals surface area contributed by atoms with Crippen molar-refractivity contribution in [2.45, 2.75) is 45.1 Å². The zero-order valence-corrected chi connectivity index (χ0v) is 17.8. The van der Waals surface area contributed by atoms with Crippen molar-refractivity contribution in [2.75, 3.05) is 0 Å². The van der Waals surface area contributed by atoms with Crippen molar-refractivity contribution in [3.63, 3.8) is 0 Å². The van der Waals surface area contributed by atoms with Crippen LogP contribution < -0.4 is 5.32 Å². The molecule has 0 saturated heterocycles. The lowest BCUT2D eigenvalue weighted by Gasteiger charge is -2.40. The molecule has 1 aromatic carbocycles. The highest BCUT2D eigenvalue weighted by Crippen LogP contribution is 2.48. The van der Waals surface area contributed by atoms with E-state index in [9.17, 15) is 4.79 Å². The van der Waals surface area contributed by atoms with E-state index in [2.05, 4.69) is 48.9 Å². The average Bonchev–Trinajstić information content (AvgIpc) is 2.74. The van der Waals surface area contributed by atoms with Crippen molar-refractivity contribution in [1.29, 1.82) is 0 Å². The van der Waals surface area contributed by atoms with Gasteiger partial charge in [-0.05, 0) is 61.6 Å². The van der Waals surface area contributed by atoms with E-state index < -0.39 is 5.54 Å². The van der Waals surface area contributed by atoms with Gasteiger partial charge in [-0.15, -0.1) is 0 Å². The van der Waals surface area contributed by atoms with Gasteiger partial charge in [0.15, 0.2) is 0 Å². The van der Waals surface area contributed by atoms with Crippen molar-refractivity contribution in [1.82, 2.24) is 15.3 Å². The smallest absolute Gasteiger partial charge is 0.217 e. The summed E-state index contributed by atoms with van der Waals surface area (Å²) < 4.78 is 0.